The van der Waals surface area contributed by atoms with Crippen molar-refractivity contribution in [3.8, 4) is 0 Å². The standard InChI is InChI=1S/C10H13NO3S/c11-15(13,14)10-6-3-5-9(8-10)4-1-2-7-12/h1,3-6,8,12H,2,7H2,(H2,11,13,14). The summed E-state index contributed by atoms with van der Waals surface area (Å²) in [6, 6.07) is 6.32. The Balaban J connectivity index is 2.94. The zero-order valence-corrected chi connectivity index (χ0v) is 8.94. The van der Waals surface area contributed by atoms with Gasteiger partial charge in [-0.3, -0.25) is 0 Å². The molecular weight excluding hydrogens is 214 g/mol. The summed E-state index contributed by atoms with van der Waals surface area (Å²) in [5.74, 6) is 0. The van der Waals surface area contributed by atoms with Crippen molar-refractivity contribution in [2.45, 2.75) is 11.3 Å². The first kappa shape index (κ1) is 11.9. The molecule has 0 atom stereocenters. The van der Waals surface area contributed by atoms with Crippen LogP contribution < -0.4 is 5.14 Å². The van der Waals surface area contributed by atoms with Gasteiger partial charge in [-0.15, -0.1) is 0 Å². The summed E-state index contributed by atoms with van der Waals surface area (Å²) in [5.41, 5.74) is 0.745. The lowest BCUT2D eigenvalue weighted by atomic mass is 10.2. The molecule has 0 saturated carbocycles. The number of nitrogens with two attached hydrogens (primary N) is 1. The molecule has 1 aromatic rings. The minimum absolute atomic E-state index is 0.0748. The number of aliphatic hydroxyl groups is 1. The fourth-order valence-corrected chi connectivity index (χ4v) is 1.66. The van der Waals surface area contributed by atoms with Crippen LogP contribution in [0.4, 0.5) is 0 Å². The Bertz CT molecular complexity index is 451. The maximum absolute atomic E-state index is 11.0. The van der Waals surface area contributed by atoms with Gasteiger partial charge in [0.15, 0.2) is 0 Å². The number of hydrogen-bond acceptors (Lipinski definition) is 3. The Hall–Kier alpha value is -1.17. The van der Waals surface area contributed by atoms with Crippen molar-refractivity contribution >= 4 is 16.1 Å². The van der Waals surface area contributed by atoms with Crippen LogP contribution in [0.1, 0.15) is 12.0 Å². The second-order valence-electron chi connectivity index (χ2n) is 3.03. The first-order valence-corrected chi connectivity index (χ1v) is 5.99. The van der Waals surface area contributed by atoms with Gasteiger partial charge in [-0.1, -0.05) is 24.3 Å². The summed E-state index contributed by atoms with van der Waals surface area (Å²) in [6.45, 7) is 0.0748. The molecule has 4 nitrogen and oxygen atoms in total. The summed E-state index contributed by atoms with van der Waals surface area (Å²) in [7, 11) is -3.64. The highest BCUT2D eigenvalue weighted by molar-refractivity contribution is 7.89. The predicted octanol–water partition coefficient (Wildman–Crippen LogP) is 0.730. The fourth-order valence-electron chi connectivity index (χ4n) is 1.09. The number of sulfonamides is 1. The van der Waals surface area contributed by atoms with Crippen LogP contribution in [0.25, 0.3) is 6.08 Å². The summed E-state index contributed by atoms with van der Waals surface area (Å²) in [5, 5.41) is 13.5. The Labute approximate surface area is 89.1 Å². The molecule has 0 fully saturated rings. The summed E-state index contributed by atoms with van der Waals surface area (Å²) >= 11 is 0. The van der Waals surface area contributed by atoms with Gasteiger partial charge >= 0.3 is 0 Å². The van der Waals surface area contributed by atoms with Crippen LogP contribution in [-0.2, 0) is 10.0 Å². The molecule has 0 heterocycles. The Morgan fingerprint density at radius 1 is 1.40 bits per heavy atom. The molecule has 82 valence electrons. The lowest BCUT2D eigenvalue weighted by Crippen LogP contribution is -2.11. The lowest BCUT2D eigenvalue weighted by Gasteiger charge is -1.99. The molecule has 15 heavy (non-hydrogen) atoms. The molecule has 0 amide bonds. The number of aliphatic hydroxyl groups excluding tert-OH is 1. The molecule has 0 unspecified atom stereocenters. The van der Waals surface area contributed by atoms with Gasteiger partial charge in [0.05, 0.1) is 4.90 Å². The molecule has 0 aliphatic heterocycles. The normalized spacial score (nSPS) is 12.1. The molecule has 0 aromatic heterocycles. The number of benzene rings is 1. The molecule has 1 rings (SSSR count). The van der Waals surface area contributed by atoms with E-state index in [0.29, 0.717) is 6.42 Å². The summed E-state index contributed by atoms with van der Waals surface area (Å²) in [6.07, 6.45) is 4.05. The van der Waals surface area contributed by atoms with Crippen molar-refractivity contribution in [2.75, 3.05) is 6.61 Å². The molecule has 1 aromatic carbocycles. The first-order valence-electron chi connectivity index (χ1n) is 4.44. The zero-order valence-electron chi connectivity index (χ0n) is 8.13. The average Bonchev–Trinajstić information content (AvgIpc) is 2.17. The summed E-state index contributed by atoms with van der Waals surface area (Å²) in [4.78, 5) is 0.0913. The number of rotatable bonds is 4. The third-order valence-corrected chi connectivity index (χ3v) is 2.70. The van der Waals surface area contributed by atoms with E-state index in [2.05, 4.69) is 0 Å². The van der Waals surface area contributed by atoms with E-state index in [0.717, 1.165) is 5.56 Å². The van der Waals surface area contributed by atoms with Crippen LogP contribution in [0.3, 0.4) is 0 Å². The Morgan fingerprint density at radius 3 is 2.73 bits per heavy atom. The highest BCUT2D eigenvalue weighted by Crippen LogP contribution is 2.11. The van der Waals surface area contributed by atoms with Crippen LogP contribution in [-0.4, -0.2) is 20.1 Å². The SMILES string of the molecule is NS(=O)(=O)c1cccc(C=CCCO)c1. The van der Waals surface area contributed by atoms with E-state index in [1.54, 1.807) is 24.3 Å². The van der Waals surface area contributed by atoms with Crippen molar-refractivity contribution in [2.24, 2.45) is 5.14 Å². The van der Waals surface area contributed by atoms with E-state index < -0.39 is 10.0 Å². The van der Waals surface area contributed by atoms with Crippen molar-refractivity contribution in [1.29, 1.82) is 0 Å². The van der Waals surface area contributed by atoms with E-state index in [4.69, 9.17) is 10.2 Å². The molecular formula is C10H13NO3S. The van der Waals surface area contributed by atoms with E-state index >= 15 is 0 Å². The molecule has 0 bridgehead atoms. The largest absolute Gasteiger partial charge is 0.396 e. The van der Waals surface area contributed by atoms with Gasteiger partial charge in [-0.25, -0.2) is 13.6 Å². The monoisotopic (exact) mass is 227 g/mol. The van der Waals surface area contributed by atoms with E-state index in [1.807, 2.05) is 0 Å². The minimum atomic E-state index is -3.64. The fraction of sp³-hybridized carbons (Fsp3) is 0.200. The van der Waals surface area contributed by atoms with Crippen molar-refractivity contribution in [1.82, 2.24) is 0 Å². The third-order valence-electron chi connectivity index (χ3n) is 1.79. The van der Waals surface area contributed by atoms with Gasteiger partial charge in [0, 0.05) is 6.61 Å². The van der Waals surface area contributed by atoms with Gasteiger partial charge in [0.25, 0.3) is 0 Å². The second kappa shape index (κ2) is 5.06. The van der Waals surface area contributed by atoms with Gasteiger partial charge in [-0.05, 0) is 24.1 Å². The highest BCUT2D eigenvalue weighted by atomic mass is 32.2. The summed E-state index contributed by atoms with van der Waals surface area (Å²) < 4.78 is 22.1. The molecule has 0 radical (unpaired) electrons. The minimum Gasteiger partial charge on any atom is -0.396 e. The number of primary sulfonamides is 1. The molecule has 5 heteroatoms. The van der Waals surface area contributed by atoms with Crippen molar-refractivity contribution < 1.29 is 13.5 Å². The van der Waals surface area contributed by atoms with Crippen LogP contribution in [0.15, 0.2) is 35.2 Å². The van der Waals surface area contributed by atoms with Gasteiger partial charge in [-0.2, -0.15) is 0 Å². The predicted molar refractivity (Wildman–Crippen MR) is 58.6 cm³/mol. The van der Waals surface area contributed by atoms with Crippen LogP contribution in [0, 0.1) is 0 Å². The Kier molecular flexibility index (Phi) is 4.02. The van der Waals surface area contributed by atoms with Crippen molar-refractivity contribution in [3.05, 3.63) is 35.9 Å². The van der Waals surface area contributed by atoms with Crippen molar-refractivity contribution in [3.63, 3.8) is 0 Å². The van der Waals surface area contributed by atoms with Gasteiger partial charge in [0.1, 0.15) is 0 Å². The van der Waals surface area contributed by atoms with Crippen LogP contribution in [0.5, 0.6) is 0 Å². The van der Waals surface area contributed by atoms with Gasteiger partial charge in [0.2, 0.25) is 10.0 Å². The maximum atomic E-state index is 11.0. The molecule has 0 saturated heterocycles. The first-order chi connectivity index (χ1) is 7.04. The van der Waals surface area contributed by atoms with E-state index in [-0.39, 0.29) is 11.5 Å². The lowest BCUT2D eigenvalue weighted by molar-refractivity contribution is 0.303. The Morgan fingerprint density at radius 2 is 2.13 bits per heavy atom. The molecule has 0 spiro atoms. The third kappa shape index (κ3) is 3.83. The molecule has 0 aliphatic rings. The topological polar surface area (TPSA) is 80.4 Å². The molecule has 0 aliphatic carbocycles. The van der Waals surface area contributed by atoms with Crippen LogP contribution >= 0.6 is 0 Å². The second-order valence-corrected chi connectivity index (χ2v) is 4.59. The van der Waals surface area contributed by atoms with E-state index in [1.165, 1.54) is 12.1 Å². The van der Waals surface area contributed by atoms with Gasteiger partial charge < -0.3 is 5.11 Å². The number of hydrogen-bond donors (Lipinski definition) is 2. The quantitative estimate of drug-likeness (QED) is 0.795. The van der Waals surface area contributed by atoms with E-state index in [9.17, 15) is 8.42 Å². The zero-order chi connectivity index (χ0) is 11.3. The average molecular weight is 227 g/mol. The highest BCUT2D eigenvalue weighted by Gasteiger charge is 2.06. The van der Waals surface area contributed by atoms with Crippen LogP contribution in [0.2, 0.25) is 0 Å². The molecule has 3 N–H and O–H groups in total. The maximum Gasteiger partial charge on any atom is 0.238 e. The smallest absolute Gasteiger partial charge is 0.238 e.